The zero-order valence-electron chi connectivity index (χ0n) is 9.62. The number of nitrogens with zero attached hydrogens (tertiary/aromatic N) is 2. The smallest absolute Gasteiger partial charge is 0.238 e. The van der Waals surface area contributed by atoms with Gasteiger partial charge >= 0.3 is 0 Å². The van der Waals surface area contributed by atoms with Gasteiger partial charge in [-0.1, -0.05) is 5.16 Å². The van der Waals surface area contributed by atoms with Crippen molar-refractivity contribution in [2.75, 3.05) is 10.5 Å². The highest BCUT2D eigenvalue weighted by atomic mass is 32.2. The Bertz CT molecular complexity index is 633. The normalized spacial score (nSPS) is 11.4. The van der Waals surface area contributed by atoms with E-state index in [1.54, 1.807) is 13.0 Å². The Kier molecular flexibility index (Phi) is 3.19. The van der Waals surface area contributed by atoms with Gasteiger partial charge in [-0.2, -0.15) is 0 Å². The summed E-state index contributed by atoms with van der Waals surface area (Å²) in [6, 6.07) is 4.62. The Morgan fingerprint density at radius 2 is 2.22 bits per heavy atom. The molecule has 2 aromatic heterocycles. The predicted molar refractivity (Wildman–Crippen MR) is 66.1 cm³/mol. The second-order valence-electron chi connectivity index (χ2n) is 3.76. The summed E-state index contributed by atoms with van der Waals surface area (Å²) in [5, 5.41) is 3.63. The third-order valence-electron chi connectivity index (χ3n) is 2.07. The molecule has 0 amide bonds. The first-order chi connectivity index (χ1) is 8.44. The molecule has 0 spiro atoms. The lowest BCUT2D eigenvalue weighted by Gasteiger charge is -2.05. The van der Waals surface area contributed by atoms with Crippen molar-refractivity contribution in [3.8, 4) is 0 Å². The van der Waals surface area contributed by atoms with E-state index in [2.05, 4.69) is 14.9 Å². The number of nitrogens with one attached hydrogen (secondary N) is 1. The molecule has 8 heteroatoms. The standard InChI is InChI=1S/C10H12N4O3S/c1-7-4-9(13-17-7)6-18(15,16)14-8-2-3-10(11)12-5-8/h2-5,14H,6H2,1H3,(H2,11,12). The summed E-state index contributed by atoms with van der Waals surface area (Å²) in [4.78, 5) is 3.79. The lowest BCUT2D eigenvalue weighted by molar-refractivity contribution is 0.392. The van der Waals surface area contributed by atoms with Crippen LogP contribution >= 0.6 is 0 Å². The monoisotopic (exact) mass is 268 g/mol. The number of hydrogen-bond acceptors (Lipinski definition) is 6. The van der Waals surface area contributed by atoms with E-state index >= 15 is 0 Å². The van der Waals surface area contributed by atoms with E-state index in [1.165, 1.54) is 18.3 Å². The van der Waals surface area contributed by atoms with Crippen molar-refractivity contribution in [1.29, 1.82) is 0 Å². The number of nitrogens with two attached hydrogens (primary N) is 1. The van der Waals surface area contributed by atoms with Gasteiger partial charge in [0.25, 0.3) is 0 Å². The van der Waals surface area contributed by atoms with Crippen molar-refractivity contribution in [2.45, 2.75) is 12.7 Å². The molecule has 96 valence electrons. The summed E-state index contributed by atoms with van der Waals surface area (Å²) in [5.41, 5.74) is 6.11. The Morgan fingerprint density at radius 3 is 2.78 bits per heavy atom. The van der Waals surface area contributed by atoms with E-state index in [0.29, 0.717) is 23.0 Å². The van der Waals surface area contributed by atoms with Gasteiger partial charge in [0, 0.05) is 6.07 Å². The van der Waals surface area contributed by atoms with E-state index in [9.17, 15) is 8.42 Å². The molecule has 2 rings (SSSR count). The van der Waals surface area contributed by atoms with Crippen LogP contribution in [0, 0.1) is 6.92 Å². The fourth-order valence-electron chi connectivity index (χ4n) is 1.36. The van der Waals surface area contributed by atoms with E-state index < -0.39 is 10.0 Å². The number of aromatic nitrogens is 2. The lowest BCUT2D eigenvalue weighted by atomic mass is 10.4. The molecular weight excluding hydrogens is 256 g/mol. The molecule has 0 unspecified atom stereocenters. The lowest BCUT2D eigenvalue weighted by Crippen LogP contribution is -2.15. The van der Waals surface area contributed by atoms with Crippen LogP contribution < -0.4 is 10.5 Å². The van der Waals surface area contributed by atoms with Crippen LogP contribution in [-0.2, 0) is 15.8 Å². The van der Waals surface area contributed by atoms with E-state index in [4.69, 9.17) is 10.3 Å². The molecule has 0 atom stereocenters. The summed E-state index contributed by atoms with van der Waals surface area (Å²) in [6.07, 6.45) is 1.35. The molecule has 0 saturated heterocycles. The van der Waals surface area contributed by atoms with Crippen LogP contribution in [0.2, 0.25) is 0 Å². The van der Waals surface area contributed by atoms with E-state index in [1.807, 2.05) is 0 Å². The van der Waals surface area contributed by atoms with Crippen LogP contribution in [-0.4, -0.2) is 18.6 Å². The fraction of sp³-hybridized carbons (Fsp3) is 0.200. The van der Waals surface area contributed by atoms with Crippen molar-refractivity contribution < 1.29 is 12.9 Å². The number of aryl methyl sites for hydroxylation is 1. The minimum absolute atomic E-state index is 0.255. The molecule has 2 aromatic rings. The second-order valence-corrected chi connectivity index (χ2v) is 5.48. The van der Waals surface area contributed by atoms with Crippen LogP contribution in [0.4, 0.5) is 11.5 Å². The zero-order valence-corrected chi connectivity index (χ0v) is 10.4. The topological polar surface area (TPSA) is 111 Å². The van der Waals surface area contributed by atoms with Crippen LogP contribution in [0.15, 0.2) is 28.9 Å². The van der Waals surface area contributed by atoms with Crippen LogP contribution in [0.3, 0.4) is 0 Å². The SMILES string of the molecule is Cc1cc(CS(=O)(=O)Nc2ccc(N)nc2)no1. The number of rotatable bonds is 4. The third-order valence-corrected chi connectivity index (χ3v) is 3.30. The van der Waals surface area contributed by atoms with Crippen molar-refractivity contribution in [2.24, 2.45) is 0 Å². The molecule has 0 bridgehead atoms. The van der Waals surface area contributed by atoms with Gasteiger partial charge in [-0.05, 0) is 19.1 Å². The molecule has 3 N–H and O–H groups in total. The maximum absolute atomic E-state index is 11.8. The molecule has 2 heterocycles. The largest absolute Gasteiger partial charge is 0.384 e. The van der Waals surface area contributed by atoms with Gasteiger partial charge in [0.1, 0.15) is 23.0 Å². The summed E-state index contributed by atoms with van der Waals surface area (Å²) >= 11 is 0. The van der Waals surface area contributed by atoms with Gasteiger partial charge in [0.15, 0.2) is 0 Å². The van der Waals surface area contributed by atoms with Gasteiger partial charge < -0.3 is 10.3 Å². The summed E-state index contributed by atoms with van der Waals surface area (Å²) in [5.74, 6) is 0.633. The summed E-state index contributed by atoms with van der Waals surface area (Å²) < 4.78 is 30.8. The molecule has 0 aliphatic rings. The zero-order chi connectivity index (χ0) is 13.2. The van der Waals surface area contributed by atoms with Gasteiger partial charge in [0.2, 0.25) is 10.0 Å². The first-order valence-electron chi connectivity index (χ1n) is 5.09. The molecule has 0 radical (unpaired) electrons. The van der Waals surface area contributed by atoms with E-state index in [0.717, 1.165) is 0 Å². The highest BCUT2D eigenvalue weighted by Crippen LogP contribution is 2.12. The van der Waals surface area contributed by atoms with Gasteiger partial charge in [-0.15, -0.1) is 0 Å². The number of anilines is 2. The average Bonchev–Trinajstić information content (AvgIpc) is 2.66. The van der Waals surface area contributed by atoms with Crippen LogP contribution in [0.25, 0.3) is 0 Å². The molecule has 0 aliphatic carbocycles. The highest BCUT2D eigenvalue weighted by molar-refractivity contribution is 7.91. The average molecular weight is 268 g/mol. The molecule has 0 saturated carbocycles. The van der Waals surface area contributed by atoms with Crippen LogP contribution in [0.5, 0.6) is 0 Å². The molecule has 0 aromatic carbocycles. The molecule has 0 fully saturated rings. The Morgan fingerprint density at radius 1 is 1.44 bits per heavy atom. The quantitative estimate of drug-likeness (QED) is 0.852. The van der Waals surface area contributed by atoms with Crippen molar-refractivity contribution in [1.82, 2.24) is 10.1 Å². The predicted octanol–water partition coefficient (Wildman–Crippen LogP) is 0.902. The first kappa shape index (κ1) is 12.4. The number of nitrogen functional groups attached to an aromatic ring is 1. The molecular formula is C10H12N4O3S. The second kappa shape index (κ2) is 4.65. The van der Waals surface area contributed by atoms with Crippen molar-refractivity contribution in [3.05, 3.63) is 35.9 Å². The maximum Gasteiger partial charge on any atom is 0.238 e. The molecule has 7 nitrogen and oxygen atoms in total. The maximum atomic E-state index is 11.8. The number of pyridine rings is 1. The first-order valence-corrected chi connectivity index (χ1v) is 6.74. The van der Waals surface area contributed by atoms with Gasteiger partial charge in [-0.3, -0.25) is 4.72 Å². The fourth-order valence-corrected chi connectivity index (χ4v) is 2.44. The Hall–Kier alpha value is -2.09. The Balaban J connectivity index is 2.10. The summed E-state index contributed by atoms with van der Waals surface area (Å²) in [6.45, 7) is 1.69. The minimum Gasteiger partial charge on any atom is -0.384 e. The number of hydrogen-bond donors (Lipinski definition) is 2. The minimum atomic E-state index is -3.54. The third kappa shape index (κ3) is 3.20. The highest BCUT2D eigenvalue weighted by Gasteiger charge is 2.14. The van der Waals surface area contributed by atoms with Gasteiger partial charge in [0.05, 0.1) is 11.9 Å². The van der Waals surface area contributed by atoms with Gasteiger partial charge in [-0.25, -0.2) is 13.4 Å². The Labute approximate surface area is 104 Å². The van der Waals surface area contributed by atoms with Crippen molar-refractivity contribution in [3.63, 3.8) is 0 Å². The van der Waals surface area contributed by atoms with E-state index in [-0.39, 0.29) is 5.75 Å². The summed E-state index contributed by atoms with van der Waals surface area (Å²) in [7, 11) is -3.54. The number of sulfonamides is 1. The van der Waals surface area contributed by atoms with Crippen molar-refractivity contribution >= 4 is 21.5 Å². The molecule has 0 aliphatic heterocycles. The molecule has 18 heavy (non-hydrogen) atoms. The van der Waals surface area contributed by atoms with Crippen LogP contribution in [0.1, 0.15) is 11.5 Å².